The van der Waals surface area contributed by atoms with Gasteiger partial charge in [-0.1, -0.05) is 15.9 Å². The highest BCUT2D eigenvalue weighted by molar-refractivity contribution is 9.10. The number of nitrogens with one attached hydrogen (secondary N) is 1. The molecule has 0 bridgehead atoms. The summed E-state index contributed by atoms with van der Waals surface area (Å²) in [4.78, 5) is 2.17. The third-order valence-electron chi connectivity index (χ3n) is 3.19. The summed E-state index contributed by atoms with van der Waals surface area (Å²) in [7, 11) is 0. The van der Waals surface area contributed by atoms with Crippen molar-refractivity contribution in [1.82, 2.24) is 10.2 Å². The standard InChI is InChI=1S/C13H15BrFN3.2ClH/c14-10-1-2-12(15)11(9-10)13(3-4-16)18-7-5-17-6-8-18;;/h1-2,9,13,17H,3,5-8H2;2*1H/t13-;;/m0../s1. The Kier molecular flexibility index (Phi) is 9.36. The van der Waals surface area contributed by atoms with Gasteiger partial charge in [0, 0.05) is 36.2 Å². The lowest BCUT2D eigenvalue weighted by Crippen LogP contribution is -2.45. The summed E-state index contributed by atoms with van der Waals surface area (Å²) in [5.74, 6) is -0.239. The molecule has 20 heavy (non-hydrogen) atoms. The Bertz CT molecular complexity index is 461. The molecule has 0 aromatic heterocycles. The van der Waals surface area contributed by atoms with Crippen LogP contribution in [0.15, 0.2) is 22.7 Å². The molecule has 1 aliphatic rings. The minimum Gasteiger partial charge on any atom is -0.314 e. The molecule has 1 fully saturated rings. The zero-order valence-corrected chi connectivity index (χ0v) is 14.0. The third-order valence-corrected chi connectivity index (χ3v) is 3.69. The summed E-state index contributed by atoms with van der Waals surface area (Å²) in [6, 6.07) is 6.92. The van der Waals surface area contributed by atoms with E-state index >= 15 is 0 Å². The van der Waals surface area contributed by atoms with Crippen LogP contribution in [0.5, 0.6) is 0 Å². The van der Waals surface area contributed by atoms with E-state index in [1.807, 2.05) is 0 Å². The fraction of sp³-hybridized carbons (Fsp3) is 0.462. The van der Waals surface area contributed by atoms with Crippen LogP contribution in [-0.2, 0) is 0 Å². The van der Waals surface area contributed by atoms with Crippen molar-refractivity contribution in [3.63, 3.8) is 0 Å². The highest BCUT2D eigenvalue weighted by atomic mass is 79.9. The smallest absolute Gasteiger partial charge is 0.128 e. The second kappa shape index (κ2) is 9.54. The summed E-state index contributed by atoms with van der Waals surface area (Å²) < 4.78 is 14.8. The van der Waals surface area contributed by atoms with Crippen LogP contribution in [0, 0.1) is 17.1 Å². The van der Waals surface area contributed by atoms with Crippen molar-refractivity contribution >= 4 is 40.7 Å². The van der Waals surface area contributed by atoms with Crippen molar-refractivity contribution in [3.8, 4) is 6.07 Å². The van der Waals surface area contributed by atoms with E-state index in [-0.39, 0.29) is 36.7 Å². The van der Waals surface area contributed by atoms with Gasteiger partial charge < -0.3 is 5.32 Å². The normalized spacial score (nSPS) is 16.4. The number of nitrogens with zero attached hydrogens (tertiary/aromatic N) is 2. The first-order valence-corrected chi connectivity index (χ1v) is 6.78. The molecule has 1 aromatic carbocycles. The Morgan fingerprint density at radius 1 is 1.35 bits per heavy atom. The van der Waals surface area contributed by atoms with Gasteiger partial charge in [-0.25, -0.2) is 4.39 Å². The lowest BCUT2D eigenvalue weighted by molar-refractivity contribution is 0.172. The predicted molar refractivity (Wildman–Crippen MR) is 86.0 cm³/mol. The molecule has 1 aromatic rings. The Morgan fingerprint density at radius 2 is 2.00 bits per heavy atom. The number of hydrogen-bond donors (Lipinski definition) is 1. The van der Waals surface area contributed by atoms with Gasteiger partial charge in [0.05, 0.1) is 18.5 Å². The van der Waals surface area contributed by atoms with Crippen LogP contribution in [0.2, 0.25) is 0 Å². The quantitative estimate of drug-likeness (QED) is 0.868. The van der Waals surface area contributed by atoms with Gasteiger partial charge in [-0.2, -0.15) is 5.26 Å². The molecule has 1 aliphatic heterocycles. The lowest BCUT2D eigenvalue weighted by Gasteiger charge is -2.34. The average molecular weight is 385 g/mol. The molecule has 1 atom stereocenters. The summed E-state index contributed by atoms with van der Waals surface area (Å²) >= 11 is 3.36. The summed E-state index contributed by atoms with van der Waals surface area (Å²) in [5.41, 5.74) is 0.604. The van der Waals surface area contributed by atoms with E-state index in [1.165, 1.54) is 6.07 Å². The highest BCUT2D eigenvalue weighted by Crippen LogP contribution is 2.29. The van der Waals surface area contributed by atoms with E-state index in [2.05, 4.69) is 32.2 Å². The maximum atomic E-state index is 13.9. The molecule has 2 rings (SSSR count). The number of nitriles is 1. The van der Waals surface area contributed by atoms with E-state index in [9.17, 15) is 4.39 Å². The number of hydrogen-bond acceptors (Lipinski definition) is 3. The second-order valence-electron chi connectivity index (χ2n) is 4.33. The molecule has 3 nitrogen and oxygen atoms in total. The fourth-order valence-corrected chi connectivity index (χ4v) is 2.66. The zero-order valence-electron chi connectivity index (χ0n) is 10.8. The third kappa shape index (κ3) is 4.87. The number of rotatable bonds is 3. The van der Waals surface area contributed by atoms with E-state index in [1.54, 1.807) is 12.1 Å². The van der Waals surface area contributed by atoms with Gasteiger partial charge in [-0.3, -0.25) is 4.90 Å². The van der Waals surface area contributed by atoms with Crippen LogP contribution in [0.25, 0.3) is 0 Å². The predicted octanol–water partition coefficient (Wildman–Crippen LogP) is 3.29. The first kappa shape index (κ1) is 19.6. The molecular weight excluding hydrogens is 368 g/mol. The molecule has 0 unspecified atom stereocenters. The fourth-order valence-electron chi connectivity index (χ4n) is 2.29. The minimum atomic E-state index is -0.239. The van der Waals surface area contributed by atoms with E-state index in [0.29, 0.717) is 12.0 Å². The van der Waals surface area contributed by atoms with Gasteiger partial charge in [-0.15, -0.1) is 24.8 Å². The maximum absolute atomic E-state index is 13.9. The van der Waals surface area contributed by atoms with Gasteiger partial charge in [0.25, 0.3) is 0 Å². The van der Waals surface area contributed by atoms with Crippen LogP contribution < -0.4 is 5.32 Å². The largest absolute Gasteiger partial charge is 0.314 e. The van der Waals surface area contributed by atoms with Gasteiger partial charge in [0.15, 0.2) is 0 Å². The van der Waals surface area contributed by atoms with Crippen LogP contribution >= 0.6 is 40.7 Å². The molecule has 0 radical (unpaired) electrons. The van der Waals surface area contributed by atoms with Crippen molar-refractivity contribution < 1.29 is 4.39 Å². The molecule has 7 heteroatoms. The van der Waals surface area contributed by atoms with E-state index < -0.39 is 0 Å². The molecule has 1 N–H and O–H groups in total. The van der Waals surface area contributed by atoms with Crippen LogP contribution in [0.4, 0.5) is 4.39 Å². The zero-order chi connectivity index (χ0) is 13.0. The topological polar surface area (TPSA) is 39.1 Å². The Hall–Kier alpha value is -0.380. The van der Waals surface area contributed by atoms with Crippen LogP contribution in [-0.4, -0.2) is 31.1 Å². The van der Waals surface area contributed by atoms with E-state index in [4.69, 9.17) is 5.26 Å². The van der Waals surface area contributed by atoms with E-state index in [0.717, 1.165) is 30.7 Å². The molecular formula is C13H17BrCl2FN3. The SMILES string of the molecule is Cl.Cl.N#CC[C@@H](c1cc(Br)ccc1F)N1CCNCC1. The number of halogens is 4. The molecule has 1 heterocycles. The highest BCUT2D eigenvalue weighted by Gasteiger charge is 2.24. The first-order chi connectivity index (χ1) is 8.72. The molecule has 1 saturated heterocycles. The van der Waals surface area contributed by atoms with Gasteiger partial charge in [0.1, 0.15) is 5.82 Å². The number of benzene rings is 1. The molecule has 112 valence electrons. The maximum Gasteiger partial charge on any atom is 0.128 e. The Labute approximate surface area is 139 Å². The molecule has 0 spiro atoms. The van der Waals surface area contributed by atoms with Crippen molar-refractivity contribution in [2.45, 2.75) is 12.5 Å². The summed E-state index contributed by atoms with van der Waals surface area (Å²) in [6.07, 6.45) is 0.313. The van der Waals surface area contributed by atoms with Crippen LogP contribution in [0.3, 0.4) is 0 Å². The average Bonchev–Trinajstić information content (AvgIpc) is 2.40. The molecule has 0 saturated carbocycles. The lowest BCUT2D eigenvalue weighted by atomic mass is 10.0. The van der Waals surface area contributed by atoms with Gasteiger partial charge in [-0.05, 0) is 18.2 Å². The van der Waals surface area contributed by atoms with Gasteiger partial charge >= 0.3 is 0 Å². The molecule has 0 aliphatic carbocycles. The van der Waals surface area contributed by atoms with Gasteiger partial charge in [0.2, 0.25) is 0 Å². The second-order valence-corrected chi connectivity index (χ2v) is 5.25. The number of piperazine rings is 1. The first-order valence-electron chi connectivity index (χ1n) is 5.99. The summed E-state index contributed by atoms with van der Waals surface area (Å²) in [5, 5.41) is 12.2. The van der Waals surface area contributed by atoms with Crippen LogP contribution in [0.1, 0.15) is 18.0 Å². The molecule has 0 amide bonds. The Morgan fingerprint density at radius 3 is 2.60 bits per heavy atom. The van der Waals surface area contributed by atoms with Crippen molar-refractivity contribution in [3.05, 3.63) is 34.1 Å². The van der Waals surface area contributed by atoms with Crippen molar-refractivity contribution in [2.24, 2.45) is 0 Å². The monoisotopic (exact) mass is 383 g/mol. The Balaban J connectivity index is 0.00000180. The minimum absolute atomic E-state index is 0. The van der Waals surface area contributed by atoms with Crippen molar-refractivity contribution in [1.29, 1.82) is 5.26 Å². The van der Waals surface area contributed by atoms with Crippen molar-refractivity contribution in [2.75, 3.05) is 26.2 Å². The summed E-state index contributed by atoms with van der Waals surface area (Å²) in [6.45, 7) is 3.46.